The molecule has 0 aliphatic heterocycles. The molecule has 0 saturated heterocycles. The SMILES string of the molecule is C=C=COCCOCCOCCOCCOCCOCCOCCOC. The van der Waals surface area contributed by atoms with Crippen LogP contribution in [0.4, 0.5) is 0 Å². The molecule has 0 amide bonds. The highest BCUT2D eigenvalue weighted by Gasteiger charge is 1.94. The molecule has 0 spiro atoms. The first-order valence-corrected chi connectivity index (χ1v) is 8.83. The van der Waals surface area contributed by atoms with Crippen LogP contribution < -0.4 is 0 Å². The van der Waals surface area contributed by atoms with E-state index < -0.39 is 0 Å². The Balaban J connectivity index is 2.97. The first-order valence-electron chi connectivity index (χ1n) is 8.83. The van der Waals surface area contributed by atoms with E-state index >= 15 is 0 Å². The topological polar surface area (TPSA) is 73.8 Å². The molecule has 0 aliphatic rings. The van der Waals surface area contributed by atoms with E-state index in [-0.39, 0.29) is 0 Å². The van der Waals surface area contributed by atoms with Gasteiger partial charge in [0.25, 0.3) is 0 Å². The first kappa shape index (κ1) is 25.0. The minimum Gasteiger partial charge on any atom is -0.491 e. The minimum absolute atomic E-state index is 0.485. The van der Waals surface area contributed by atoms with Gasteiger partial charge in [0.05, 0.1) is 85.9 Å². The maximum Gasteiger partial charge on any atom is 0.125 e. The maximum atomic E-state index is 5.39. The van der Waals surface area contributed by atoms with Crippen LogP contribution in [0.1, 0.15) is 0 Å². The van der Waals surface area contributed by atoms with Gasteiger partial charge in [-0.2, -0.15) is 0 Å². The molecule has 0 aromatic rings. The monoisotopic (exact) mass is 378 g/mol. The summed E-state index contributed by atoms with van der Waals surface area (Å²) in [5.74, 6) is 0. The minimum atomic E-state index is 0.485. The Morgan fingerprint density at radius 1 is 0.538 bits per heavy atom. The molecule has 0 saturated carbocycles. The third-order valence-corrected chi connectivity index (χ3v) is 2.80. The van der Waals surface area contributed by atoms with E-state index in [0.717, 1.165) is 0 Å². The van der Waals surface area contributed by atoms with Gasteiger partial charge in [-0.25, -0.2) is 0 Å². The molecule has 0 aromatic carbocycles. The molecule has 0 bridgehead atoms. The van der Waals surface area contributed by atoms with Gasteiger partial charge >= 0.3 is 0 Å². The van der Waals surface area contributed by atoms with Crippen LogP contribution in [-0.4, -0.2) is 99.6 Å². The van der Waals surface area contributed by atoms with Crippen molar-refractivity contribution in [1.29, 1.82) is 0 Å². The fourth-order valence-corrected chi connectivity index (χ4v) is 1.57. The van der Waals surface area contributed by atoms with Crippen LogP contribution in [0.25, 0.3) is 0 Å². The van der Waals surface area contributed by atoms with E-state index in [1.165, 1.54) is 6.26 Å². The molecule has 26 heavy (non-hydrogen) atoms. The number of hydrogen-bond donors (Lipinski definition) is 0. The van der Waals surface area contributed by atoms with E-state index in [9.17, 15) is 0 Å². The molecule has 154 valence electrons. The second kappa shape index (κ2) is 24.0. The normalized spacial score (nSPS) is 10.7. The van der Waals surface area contributed by atoms with Crippen molar-refractivity contribution in [2.75, 3.05) is 99.6 Å². The van der Waals surface area contributed by atoms with Crippen LogP contribution in [0.15, 0.2) is 18.6 Å². The zero-order valence-corrected chi connectivity index (χ0v) is 15.9. The average molecular weight is 378 g/mol. The molecule has 0 aliphatic carbocycles. The standard InChI is InChI=1S/C18H34O8/c1-3-4-20-7-8-22-11-12-24-15-16-26-18-17-25-14-13-23-10-9-21-6-5-19-2/h4H,1,5-18H2,2H3. The van der Waals surface area contributed by atoms with Gasteiger partial charge in [-0.3, -0.25) is 0 Å². The van der Waals surface area contributed by atoms with Crippen LogP contribution in [0.5, 0.6) is 0 Å². The fourth-order valence-electron chi connectivity index (χ4n) is 1.57. The van der Waals surface area contributed by atoms with Crippen LogP contribution in [-0.2, 0) is 37.9 Å². The number of rotatable bonds is 22. The fraction of sp³-hybridized carbons (Fsp3) is 0.833. The second-order valence-electron chi connectivity index (χ2n) is 4.86. The summed E-state index contributed by atoms with van der Waals surface area (Å²) < 4.78 is 41.9. The maximum absolute atomic E-state index is 5.39. The highest BCUT2D eigenvalue weighted by atomic mass is 16.6. The predicted octanol–water partition coefficient (Wildman–Crippen LogP) is 1.05. The van der Waals surface area contributed by atoms with Crippen LogP contribution >= 0.6 is 0 Å². The molecular weight excluding hydrogens is 344 g/mol. The number of hydrogen-bond acceptors (Lipinski definition) is 8. The van der Waals surface area contributed by atoms with E-state index in [1.807, 2.05) is 0 Å². The van der Waals surface area contributed by atoms with E-state index in [0.29, 0.717) is 92.5 Å². The Morgan fingerprint density at radius 2 is 0.846 bits per heavy atom. The summed E-state index contributed by atoms with van der Waals surface area (Å²) in [4.78, 5) is 0. The van der Waals surface area contributed by atoms with Crippen molar-refractivity contribution < 1.29 is 37.9 Å². The van der Waals surface area contributed by atoms with Gasteiger partial charge < -0.3 is 37.9 Å². The molecule has 8 nitrogen and oxygen atoms in total. The van der Waals surface area contributed by atoms with Gasteiger partial charge in [-0.05, 0) is 0 Å². The van der Waals surface area contributed by atoms with Crippen LogP contribution in [0.2, 0.25) is 0 Å². The summed E-state index contributed by atoms with van der Waals surface area (Å²) in [6.07, 6.45) is 1.41. The summed E-state index contributed by atoms with van der Waals surface area (Å²) in [7, 11) is 1.65. The summed E-state index contributed by atoms with van der Waals surface area (Å²) in [6, 6.07) is 0. The van der Waals surface area contributed by atoms with Gasteiger partial charge in [0.1, 0.15) is 12.9 Å². The molecule has 0 N–H and O–H groups in total. The lowest BCUT2D eigenvalue weighted by Gasteiger charge is -2.08. The van der Waals surface area contributed by atoms with Crippen LogP contribution in [0, 0.1) is 0 Å². The van der Waals surface area contributed by atoms with Gasteiger partial charge in [0.2, 0.25) is 0 Å². The van der Waals surface area contributed by atoms with Gasteiger partial charge in [0, 0.05) is 7.11 Å². The van der Waals surface area contributed by atoms with E-state index in [1.54, 1.807) is 7.11 Å². The second-order valence-corrected chi connectivity index (χ2v) is 4.86. The smallest absolute Gasteiger partial charge is 0.125 e. The summed E-state index contributed by atoms with van der Waals surface area (Å²) in [5, 5.41) is 0. The zero-order chi connectivity index (χ0) is 19.0. The molecule has 0 unspecified atom stereocenters. The van der Waals surface area contributed by atoms with Crippen molar-refractivity contribution in [3.63, 3.8) is 0 Å². The predicted molar refractivity (Wildman–Crippen MR) is 96.5 cm³/mol. The molecular formula is C18H34O8. The van der Waals surface area contributed by atoms with Crippen molar-refractivity contribution in [3.8, 4) is 0 Å². The van der Waals surface area contributed by atoms with Crippen molar-refractivity contribution in [2.24, 2.45) is 0 Å². The molecule has 0 aromatic heterocycles. The lowest BCUT2D eigenvalue weighted by Crippen LogP contribution is -2.14. The zero-order valence-electron chi connectivity index (χ0n) is 15.9. The molecule has 0 atom stereocenters. The highest BCUT2D eigenvalue weighted by molar-refractivity contribution is 4.63. The van der Waals surface area contributed by atoms with Gasteiger partial charge in [-0.15, -0.1) is 0 Å². The van der Waals surface area contributed by atoms with Gasteiger partial charge in [0.15, 0.2) is 0 Å². The largest absolute Gasteiger partial charge is 0.491 e. The summed E-state index contributed by atoms with van der Waals surface area (Å²) in [6.45, 7) is 11.0. The van der Waals surface area contributed by atoms with Crippen LogP contribution in [0.3, 0.4) is 0 Å². The van der Waals surface area contributed by atoms with Crippen molar-refractivity contribution >= 4 is 0 Å². The Kier molecular flexibility index (Phi) is 23.2. The molecule has 0 fully saturated rings. The van der Waals surface area contributed by atoms with Crippen molar-refractivity contribution in [3.05, 3.63) is 18.6 Å². The Bertz CT molecular complexity index is 308. The first-order chi connectivity index (χ1) is 12.9. The molecule has 0 heterocycles. The molecule has 8 heteroatoms. The Labute approximate surface area is 156 Å². The highest BCUT2D eigenvalue weighted by Crippen LogP contribution is 1.85. The Hall–Kier alpha value is -0.960. The third-order valence-electron chi connectivity index (χ3n) is 2.80. The van der Waals surface area contributed by atoms with Crippen molar-refractivity contribution in [2.45, 2.75) is 0 Å². The van der Waals surface area contributed by atoms with E-state index in [4.69, 9.17) is 37.9 Å². The van der Waals surface area contributed by atoms with Gasteiger partial charge in [-0.1, -0.05) is 12.3 Å². The summed E-state index contributed by atoms with van der Waals surface area (Å²) >= 11 is 0. The third kappa shape index (κ3) is 23.0. The average Bonchev–Trinajstić information content (AvgIpc) is 2.66. The number of methoxy groups -OCH3 is 1. The molecule has 0 rings (SSSR count). The van der Waals surface area contributed by atoms with E-state index in [2.05, 4.69) is 12.3 Å². The number of ether oxygens (including phenoxy) is 8. The lowest BCUT2D eigenvalue weighted by atomic mass is 10.6. The lowest BCUT2D eigenvalue weighted by molar-refractivity contribution is -0.0204. The van der Waals surface area contributed by atoms with Crippen molar-refractivity contribution in [1.82, 2.24) is 0 Å². The molecule has 0 radical (unpaired) electrons. The summed E-state index contributed by atoms with van der Waals surface area (Å²) in [5.41, 5.74) is 2.52. The Morgan fingerprint density at radius 3 is 1.15 bits per heavy atom. The quantitative estimate of drug-likeness (QED) is 0.157.